The van der Waals surface area contributed by atoms with Crippen LogP contribution in [0.4, 0.5) is 0 Å². The van der Waals surface area contributed by atoms with Crippen LogP contribution >= 0.6 is 0 Å². The molecule has 138 valence electrons. The Morgan fingerprint density at radius 3 is 2.70 bits per heavy atom. The fourth-order valence-corrected chi connectivity index (χ4v) is 3.52. The Hall–Kier alpha value is -3.02. The van der Waals surface area contributed by atoms with E-state index in [-0.39, 0.29) is 11.9 Å². The van der Waals surface area contributed by atoms with E-state index in [0.29, 0.717) is 12.3 Å². The Kier molecular flexibility index (Phi) is 5.23. The Labute approximate surface area is 157 Å². The second-order valence-corrected chi connectivity index (χ2v) is 6.94. The third-order valence-corrected chi connectivity index (χ3v) is 5.05. The van der Waals surface area contributed by atoms with Crippen molar-refractivity contribution in [2.24, 2.45) is 11.1 Å². The van der Waals surface area contributed by atoms with E-state index in [4.69, 9.17) is 4.84 Å². The van der Waals surface area contributed by atoms with Crippen LogP contribution in [0.15, 0.2) is 60.3 Å². The molecule has 0 atom stereocenters. The molecule has 0 aliphatic heterocycles. The molecular formula is C21H22N4O2. The van der Waals surface area contributed by atoms with E-state index >= 15 is 0 Å². The van der Waals surface area contributed by atoms with E-state index in [9.17, 15) is 4.79 Å². The average molecular weight is 362 g/mol. The van der Waals surface area contributed by atoms with Crippen molar-refractivity contribution in [2.75, 3.05) is 0 Å². The molecule has 1 aliphatic rings. The van der Waals surface area contributed by atoms with Crippen molar-refractivity contribution in [3.63, 3.8) is 0 Å². The third kappa shape index (κ3) is 4.22. The highest BCUT2D eigenvalue weighted by Crippen LogP contribution is 2.25. The van der Waals surface area contributed by atoms with Gasteiger partial charge in [0.25, 0.3) is 0 Å². The fraction of sp³-hybridized carbons (Fsp3) is 0.333. The maximum Gasteiger partial charge on any atom is 0.338 e. The summed E-state index contributed by atoms with van der Waals surface area (Å²) in [4.78, 5) is 21.7. The van der Waals surface area contributed by atoms with Crippen molar-refractivity contribution in [1.82, 2.24) is 14.8 Å². The van der Waals surface area contributed by atoms with Gasteiger partial charge < -0.3 is 4.84 Å². The highest BCUT2D eigenvalue weighted by molar-refractivity contribution is 6.03. The van der Waals surface area contributed by atoms with E-state index in [0.717, 1.165) is 42.0 Å². The molecule has 0 amide bonds. The Balaban J connectivity index is 1.60. The van der Waals surface area contributed by atoms with Crippen LogP contribution in [0.1, 0.15) is 37.7 Å². The monoisotopic (exact) mass is 362 g/mol. The second kappa shape index (κ2) is 8.12. The van der Waals surface area contributed by atoms with Gasteiger partial charge in [-0.2, -0.15) is 5.10 Å². The second-order valence-electron chi connectivity index (χ2n) is 6.94. The first-order valence-electron chi connectivity index (χ1n) is 9.39. The van der Waals surface area contributed by atoms with E-state index < -0.39 is 0 Å². The molecule has 1 saturated carbocycles. The van der Waals surface area contributed by atoms with Gasteiger partial charge in [-0.25, -0.2) is 14.5 Å². The van der Waals surface area contributed by atoms with Crippen LogP contribution in [-0.4, -0.2) is 26.4 Å². The van der Waals surface area contributed by atoms with Gasteiger partial charge in [-0.15, -0.1) is 0 Å². The van der Waals surface area contributed by atoms with Crippen LogP contribution in [-0.2, 0) is 16.2 Å². The van der Waals surface area contributed by atoms with E-state index in [1.165, 1.54) is 12.7 Å². The van der Waals surface area contributed by atoms with Gasteiger partial charge in [0.2, 0.25) is 0 Å². The molecule has 0 spiro atoms. The minimum absolute atomic E-state index is 0.0354. The lowest BCUT2D eigenvalue weighted by molar-refractivity contribution is -0.149. The van der Waals surface area contributed by atoms with Gasteiger partial charge in [-0.3, -0.25) is 0 Å². The molecule has 3 aromatic rings. The highest BCUT2D eigenvalue weighted by atomic mass is 16.7. The summed E-state index contributed by atoms with van der Waals surface area (Å²) < 4.78 is 1.67. The molecule has 1 heterocycles. The number of hydrogen-bond acceptors (Lipinski definition) is 5. The number of hydrogen-bond donors (Lipinski definition) is 0. The lowest BCUT2D eigenvalue weighted by atomic mass is 9.89. The number of carbonyl (C=O) groups is 1. The van der Waals surface area contributed by atoms with Crippen LogP contribution in [0.5, 0.6) is 0 Å². The van der Waals surface area contributed by atoms with Gasteiger partial charge in [0.15, 0.2) is 0 Å². The van der Waals surface area contributed by atoms with Gasteiger partial charge in [0.1, 0.15) is 18.4 Å². The number of benzene rings is 2. The number of aromatic nitrogens is 3. The molecule has 27 heavy (non-hydrogen) atoms. The summed E-state index contributed by atoms with van der Waals surface area (Å²) in [5, 5.41) is 10.6. The van der Waals surface area contributed by atoms with Crippen LogP contribution in [0.2, 0.25) is 0 Å². The molecule has 6 heteroatoms. The summed E-state index contributed by atoms with van der Waals surface area (Å²) in [6.45, 7) is 0.385. The molecular weight excluding hydrogens is 340 g/mol. The van der Waals surface area contributed by atoms with Crippen LogP contribution in [0.25, 0.3) is 10.8 Å². The number of oxime groups is 1. The van der Waals surface area contributed by atoms with Crippen molar-refractivity contribution in [3.8, 4) is 0 Å². The molecule has 1 aromatic heterocycles. The predicted octanol–water partition coefficient (Wildman–Crippen LogP) is 3.96. The van der Waals surface area contributed by atoms with E-state index in [1.807, 2.05) is 24.3 Å². The zero-order valence-electron chi connectivity index (χ0n) is 15.1. The minimum Gasteiger partial charge on any atom is -0.318 e. The smallest absolute Gasteiger partial charge is 0.318 e. The Morgan fingerprint density at radius 2 is 1.93 bits per heavy atom. The standard InChI is InChI=1S/C21H22N4O2/c26-21(17-7-2-1-3-8-17)27-24-20(13-25-15-22-14-23-25)19-11-10-16-6-4-5-9-18(16)12-19/h4-6,9-12,14-15,17H,1-3,7-8,13H2/b24-20+. The summed E-state index contributed by atoms with van der Waals surface area (Å²) in [5.41, 5.74) is 1.55. The quantitative estimate of drug-likeness (QED) is 0.391. The van der Waals surface area contributed by atoms with Crippen LogP contribution in [0.3, 0.4) is 0 Å². The van der Waals surface area contributed by atoms with Crippen LogP contribution in [0, 0.1) is 5.92 Å². The molecule has 0 saturated heterocycles. The van der Waals surface area contributed by atoms with Crippen molar-refractivity contribution in [1.29, 1.82) is 0 Å². The first kappa shape index (κ1) is 17.4. The molecule has 1 fully saturated rings. The lowest BCUT2D eigenvalue weighted by Crippen LogP contribution is -2.20. The molecule has 0 radical (unpaired) electrons. The maximum atomic E-state index is 12.4. The molecule has 6 nitrogen and oxygen atoms in total. The predicted molar refractivity (Wildman–Crippen MR) is 103 cm³/mol. The van der Waals surface area contributed by atoms with E-state index in [2.05, 4.69) is 33.4 Å². The summed E-state index contributed by atoms with van der Waals surface area (Å²) in [7, 11) is 0. The van der Waals surface area contributed by atoms with Crippen molar-refractivity contribution < 1.29 is 9.63 Å². The van der Waals surface area contributed by atoms with E-state index in [1.54, 1.807) is 11.0 Å². The first-order chi connectivity index (χ1) is 13.3. The summed E-state index contributed by atoms with van der Waals surface area (Å²) in [5.74, 6) is -0.265. The molecule has 0 unspecified atom stereocenters. The number of rotatable bonds is 5. The maximum absolute atomic E-state index is 12.4. The SMILES string of the molecule is O=C(O/N=C(\Cn1cncn1)c1ccc2ccccc2c1)C1CCCCC1. The zero-order valence-corrected chi connectivity index (χ0v) is 15.1. The molecule has 4 rings (SSSR count). The molecule has 0 N–H and O–H groups in total. The Bertz CT molecular complexity index is 944. The summed E-state index contributed by atoms with van der Waals surface area (Å²) in [6.07, 6.45) is 8.25. The minimum atomic E-state index is -0.230. The fourth-order valence-electron chi connectivity index (χ4n) is 3.52. The van der Waals surface area contributed by atoms with Gasteiger partial charge in [-0.1, -0.05) is 60.8 Å². The molecule has 2 aromatic carbocycles. The summed E-state index contributed by atoms with van der Waals surface area (Å²) in [6, 6.07) is 14.2. The number of nitrogens with zero attached hydrogens (tertiary/aromatic N) is 4. The van der Waals surface area contributed by atoms with Crippen molar-refractivity contribution >= 4 is 22.5 Å². The third-order valence-electron chi connectivity index (χ3n) is 5.05. The lowest BCUT2D eigenvalue weighted by Gasteiger charge is -2.18. The van der Waals surface area contributed by atoms with Gasteiger partial charge in [0, 0.05) is 5.56 Å². The van der Waals surface area contributed by atoms with Crippen LogP contribution < -0.4 is 0 Å². The van der Waals surface area contributed by atoms with Crippen molar-refractivity contribution in [2.45, 2.75) is 38.6 Å². The summed E-state index contributed by atoms with van der Waals surface area (Å²) >= 11 is 0. The first-order valence-corrected chi connectivity index (χ1v) is 9.39. The number of fused-ring (bicyclic) bond motifs is 1. The van der Waals surface area contributed by atoms with Crippen molar-refractivity contribution in [3.05, 3.63) is 60.7 Å². The normalized spacial score (nSPS) is 15.8. The van der Waals surface area contributed by atoms with Gasteiger partial charge in [0.05, 0.1) is 12.5 Å². The highest BCUT2D eigenvalue weighted by Gasteiger charge is 2.23. The number of carbonyl (C=O) groups excluding carboxylic acids is 1. The average Bonchev–Trinajstić information content (AvgIpc) is 3.24. The zero-order chi connectivity index (χ0) is 18.5. The Morgan fingerprint density at radius 1 is 1.11 bits per heavy atom. The topological polar surface area (TPSA) is 69.4 Å². The largest absolute Gasteiger partial charge is 0.338 e. The van der Waals surface area contributed by atoms with Gasteiger partial charge >= 0.3 is 5.97 Å². The molecule has 0 bridgehead atoms. The molecule has 1 aliphatic carbocycles. The van der Waals surface area contributed by atoms with Gasteiger partial charge in [-0.05, 0) is 29.7 Å².